The lowest BCUT2D eigenvalue weighted by Crippen LogP contribution is -2.09. The van der Waals surface area contributed by atoms with Crippen LogP contribution in [0, 0.1) is 0 Å². The van der Waals surface area contributed by atoms with Crippen LogP contribution < -0.4 is 0 Å². The van der Waals surface area contributed by atoms with Crippen LogP contribution in [-0.4, -0.2) is 30.2 Å². The Morgan fingerprint density at radius 2 is 1.88 bits per heavy atom. The summed E-state index contributed by atoms with van der Waals surface area (Å²) in [6, 6.07) is 4.25. The van der Waals surface area contributed by atoms with Crippen molar-refractivity contribution >= 4 is 23.8 Å². The highest BCUT2D eigenvalue weighted by molar-refractivity contribution is 6.37. The van der Waals surface area contributed by atoms with Gasteiger partial charge in [-0.05, 0) is 50.3 Å². The molecule has 138 valence electrons. The molecular formula is C22H30N4. The zero-order valence-corrected chi connectivity index (χ0v) is 16.6. The summed E-state index contributed by atoms with van der Waals surface area (Å²) in [4.78, 5) is 17.9. The van der Waals surface area contributed by atoms with Gasteiger partial charge in [-0.25, -0.2) is 4.98 Å². The quantitative estimate of drug-likeness (QED) is 0.533. The third kappa shape index (κ3) is 6.03. The van der Waals surface area contributed by atoms with E-state index in [1.165, 1.54) is 5.56 Å². The van der Waals surface area contributed by atoms with Gasteiger partial charge >= 0.3 is 0 Å². The first kappa shape index (κ1) is 21.4. The van der Waals surface area contributed by atoms with Crippen molar-refractivity contribution in [2.45, 2.75) is 46.5 Å². The van der Waals surface area contributed by atoms with Gasteiger partial charge in [0.1, 0.15) is 5.71 Å². The van der Waals surface area contributed by atoms with Gasteiger partial charge in [-0.2, -0.15) is 0 Å². The van der Waals surface area contributed by atoms with Gasteiger partial charge in [0, 0.05) is 25.7 Å². The molecule has 0 unspecified atom stereocenters. The summed E-state index contributed by atoms with van der Waals surface area (Å²) in [5.74, 6) is 0.471. The molecule has 1 heterocycles. The SMILES string of the molecule is C=CC=N/C(=C\C)c1cc(C(CC)CC)cc(C(C=NC)=N/C=C\C)n1. The average molecular weight is 351 g/mol. The highest BCUT2D eigenvalue weighted by Gasteiger charge is 2.14. The molecule has 26 heavy (non-hydrogen) atoms. The Balaban J connectivity index is 3.63. The van der Waals surface area contributed by atoms with Crippen molar-refractivity contribution in [1.82, 2.24) is 4.98 Å². The Bertz CT molecular complexity index is 733. The molecule has 0 amide bonds. The monoisotopic (exact) mass is 350 g/mol. The Kier molecular flexibility index (Phi) is 9.77. The van der Waals surface area contributed by atoms with E-state index in [1.54, 1.807) is 31.8 Å². The second-order valence-electron chi connectivity index (χ2n) is 5.76. The molecule has 0 saturated heterocycles. The minimum absolute atomic E-state index is 0.471. The van der Waals surface area contributed by atoms with E-state index >= 15 is 0 Å². The van der Waals surface area contributed by atoms with E-state index in [0.29, 0.717) is 5.92 Å². The van der Waals surface area contributed by atoms with Gasteiger partial charge in [0.05, 0.1) is 17.1 Å². The molecule has 1 aromatic rings. The summed E-state index contributed by atoms with van der Waals surface area (Å²) in [5.41, 5.74) is 4.45. The minimum atomic E-state index is 0.471. The predicted octanol–water partition coefficient (Wildman–Crippen LogP) is 5.63. The fraction of sp³-hybridized carbons (Fsp3) is 0.364. The largest absolute Gasteiger partial charge is 0.294 e. The molecule has 1 aromatic heterocycles. The maximum absolute atomic E-state index is 4.81. The van der Waals surface area contributed by atoms with Crippen molar-refractivity contribution in [2.75, 3.05) is 7.05 Å². The number of aromatic nitrogens is 1. The van der Waals surface area contributed by atoms with Gasteiger partial charge in [-0.1, -0.05) is 38.7 Å². The number of aliphatic imine (C=N–C) groups is 3. The molecule has 4 heteroatoms. The van der Waals surface area contributed by atoms with Crippen molar-refractivity contribution in [1.29, 1.82) is 0 Å². The van der Waals surface area contributed by atoms with Crippen LogP contribution in [0.4, 0.5) is 0 Å². The van der Waals surface area contributed by atoms with Gasteiger partial charge < -0.3 is 0 Å². The Morgan fingerprint density at radius 3 is 2.42 bits per heavy atom. The fourth-order valence-corrected chi connectivity index (χ4v) is 2.67. The number of rotatable bonds is 9. The molecule has 0 spiro atoms. The second kappa shape index (κ2) is 11.9. The molecule has 0 aliphatic rings. The van der Waals surface area contributed by atoms with E-state index in [9.17, 15) is 0 Å². The summed E-state index contributed by atoms with van der Waals surface area (Å²) in [6.45, 7) is 12.0. The standard InChI is InChI=1S/C22H30N4/c1-7-12-24-19(11-5)20-14-18(17(9-3)10-4)15-21(26-20)22(16-23-6)25-13-8-2/h7-8,11-17H,1,9-10H2,2-6H3/b13-8-,19-11-,23-16?,24-12?,25-22?. The van der Waals surface area contributed by atoms with Gasteiger partial charge in [0.15, 0.2) is 0 Å². The smallest absolute Gasteiger partial charge is 0.106 e. The fourth-order valence-electron chi connectivity index (χ4n) is 2.67. The second-order valence-corrected chi connectivity index (χ2v) is 5.76. The Labute approximate surface area is 157 Å². The number of hydrogen-bond donors (Lipinski definition) is 0. The maximum atomic E-state index is 4.81. The van der Waals surface area contributed by atoms with Gasteiger partial charge in [-0.3, -0.25) is 15.0 Å². The average Bonchev–Trinajstić information content (AvgIpc) is 2.66. The predicted molar refractivity (Wildman–Crippen MR) is 116 cm³/mol. The van der Waals surface area contributed by atoms with Crippen LogP contribution in [0.2, 0.25) is 0 Å². The van der Waals surface area contributed by atoms with Crippen molar-refractivity contribution in [3.05, 3.63) is 60.1 Å². The van der Waals surface area contributed by atoms with Gasteiger partial charge in [-0.15, -0.1) is 0 Å². The summed E-state index contributed by atoms with van der Waals surface area (Å²) < 4.78 is 0. The number of pyridine rings is 1. The summed E-state index contributed by atoms with van der Waals surface area (Å²) in [5, 5.41) is 0. The van der Waals surface area contributed by atoms with Crippen LogP contribution in [0.5, 0.6) is 0 Å². The third-order valence-corrected chi connectivity index (χ3v) is 4.04. The Hall–Kier alpha value is -2.62. The highest BCUT2D eigenvalue weighted by atomic mass is 14.8. The highest BCUT2D eigenvalue weighted by Crippen LogP contribution is 2.26. The van der Waals surface area contributed by atoms with E-state index in [2.05, 4.69) is 47.5 Å². The van der Waals surface area contributed by atoms with Gasteiger partial charge in [0.2, 0.25) is 0 Å². The number of hydrogen-bond acceptors (Lipinski definition) is 4. The zero-order valence-electron chi connectivity index (χ0n) is 16.6. The van der Waals surface area contributed by atoms with E-state index in [0.717, 1.165) is 35.6 Å². The normalized spacial score (nSPS) is 13.6. The first-order valence-electron chi connectivity index (χ1n) is 9.10. The summed E-state index contributed by atoms with van der Waals surface area (Å²) >= 11 is 0. The van der Waals surface area contributed by atoms with E-state index in [4.69, 9.17) is 4.98 Å². The molecular weight excluding hydrogens is 320 g/mol. The molecule has 0 bridgehead atoms. The first-order valence-corrected chi connectivity index (χ1v) is 9.10. The lowest BCUT2D eigenvalue weighted by molar-refractivity contribution is 0.640. The molecule has 0 aliphatic heterocycles. The van der Waals surface area contributed by atoms with Crippen molar-refractivity contribution < 1.29 is 0 Å². The van der Waals surface area contributed by atoms with Crippen LogP contribution in [0.3, 0.4) is 0 Å². The van der Waals surface area contributed by atoms with E-state index < -0.39 is 0 Å². The van der Waals surface area contributed by atoms with Gasteiger partial charge in [0.25, 0.3) is 0 Å². The molecule has 4 nitrogen and oxygen atoms in total. The maximum Gasteiger partial charge on any atom is 0.106 e. The first-order chi connectivity index (χ1) is 12.6. The number of nitrogens with zero attached hydrogens (tertiary/aromatic N) is 4. The third-order valence-electron chi connectivity index (χ3n) is 4.04. The number of allylic oxidation sites excluding steroid dienone is 3. The van der Waals surface area contributed by atoms with E-state index in [1.807, 2.05) is 26.0 Å². The molecule has 0 N–H and O–H groups in total. The van der Waals surface area contributed by atoms with Crippen LogP contribution in [-0.2, 0) is 0 Å². The molecule has 0 saturated carbocycles. The Morgan fingerprint density at radius 1 is 1.19 bits per heavy atom. The van der Waals surface area contributed by atoms with Crippen molar-refractivity contribution in [3.8, 4) is 0 Å². The van der Waals surface area contributed by atoms with E-state index in [-0.39, 0.29) is 0 Å². The van der Waals surface area contributed by atoms with Crippen LogP contribution in [0.25, 0.3) is 5.70 Å². The topological polar surface area (TPSA) is 50.0 Å². The minimum Gasteiger partial charge on any atom is -0.294 e. The van der Waals surface area contributed by atoms with Crippen LogP contribution >= 0.6 is 0 Å². The molecule has 0 atom stereocenters. The van der Waals surface area contributed by atoms with Crippen LogP contribution in [0.1, 0.15) is 63.4 Å². The molecule has 1 rings (SSSR count). The summed E-state index contributed by atoms with van der Waals surface area (Å²) in [7, 11) is 1.74. The zero-order chi connectivity index (χ0) is 19.4. The van der Waals surface area contributed by atoms with Crippen molar-refractivity contribution in [2.24, 2.45) is 15.0 Å². The molecule has 0 aromatic carbocycles. The lowest BCUT2D eigenvalue weighted by atomic mass is 9.92. The van der Waals surface area contributed by atoms with Crippen molar-refractivity contribution in [3.63, 3.8) is 0 Å². The molecule has 0 fully saturated rings. The molecule has 0 aliphatic carbocycles. The molecule has 0 radical (unpaired) electrons. The lowest BCUT2D eigenvalue weighted by Gasteiger charge is -2.16. The summed E-state index contributed by atoms with van der Waals surface area (Å²) in [6.07, 6.45) is 12.8. The van der Waals surface area contributed by atoms with Crippen LogP contribution in [0.15, 0.2) is 58.1 Å².